The number of hydrogen-bond acceptors (Lipinski definition) is 6. The fraction of sp³-hybridized carbons (Fsp3) is 0.400. The molecule has 0 bridgehead atoms. The van der Waals surface area contributed by atoms with Crippen molar-refractivity contribution in [2.75, 3.05) is 13.7 Å². The van der Waals surface area contributed by atoms with Gasteiger partial charge in [-0.25, -0.2) is 9.48 Å². The SMILES string of the molecule is COc1c(C(=O)OC[C@@H](C#N)Cc2ccco2)c(C)nn1C. The summed E-state index contributed by atoms with van der Waals surface area (Å²) >= 11 is 0. The number of furan rings is 1. The minimum atomic E-state index is -0.554. The van der Waals surface area contributed by atoms with E-state index in [2.05, 4.69) is 11.2 Å². The van der Waals surface area contributed by atoms with Crippen molar-refractivity contribution in [3.63, 3.8) is 0 Å². The van der Waals surface area contributed by atoms with Crippen LogP contribution in [0.3, 0.4) is 0 Å². The molecule has 1 atom stereocenters. The molecule has 0 spiro atoms. The fourth-order valence-corrected chi connectivity index (χ4v) is 2.17. The summed E-state index contributed by atoms with van der Waals surface area (Å²) in [5.74, 6) is -0.0139. The third-order valence-electron chi connectivity index (χ3n) is 3.19. The molecule has 7 nitrogen and oxygen atoms in total. The average Bonchev–Trinajstić information content (AvgIpc) is 3.10. The lowest BCUT2D eigenvalue weighted by Gasteiger charge is -2.09. The molecule has 116 valence electrons. The molecular formula is C15H17N3O4. The maximum atomic E-state index is 12.2. The predicted octanol–water partition coefficient (Wildman–Crippen LogP) is 1.87. The van der Waals surface area contributed by atoms with E-state index in [1.165, 1.54) is 11.8 Å². The van der Waals surface area contributed by atoms with E-state index in [1.807, 2.05) is 0 Å². The van der Waals surface area contributed by atoms with E-state index in [0.29, 0.717) is 23.8 Å². The monoisotopic (exact) mass is 303 g/mol. The quantitative estimate of drug-likeness (QED) is 0.757. The molecule has 2 aromatic rings. The van der Waals surface area contributed by atoms with Crippen LogP contribution in [-0.2, 0) is 18.2 Å². The van der Waals surface area contributed by atoms with Gasteiger partial charge >= 0.3 is 5.97 Å². The van der Waals surface area contributed by atoms with Crippen molar-refractivity contribution < 1.29 is 18.7 Å². The second kappa shape index (κ2) is 6.80. The van der Waals surface area contributed by atoms with Crippen molar-refractivity contribution in [3.05, 3.63) is 35.4 Å². The van der Waals surface area contributed by atoms with E-state index in [9.17, 15) is 4.79 Å². The molecule has 2 rings (SSSR count). The molecule has 0 N–H and O–H groups in total. The topological polar surface area (TPSA) is 90.3 Å². The molecule has 0 amide bonds. The van der Waals surface area contributed by atoms with Gasteiger partial charge in [0.25, 0.3) is 0 Å². The minimum absolute atomic E-state index is 0.0203. The van der Waals surface area contributed by atoms with Crippen LogP contribution in [0, 0.1) is 24.2 Å². The van der Waals surface area contributed by atoms with E-state index in [4.69, 9.17) is 19.2 Å². The standard InChI is InChI=1S/C15H17N3O4/c1-10-13(14(20-3)18(2)17-10)15(19)22-9-11(8-16)7-12-5-4-6-21-12/h4-6,11H,7,9H2,1-3H3/t11-/m1/s1. The molecule has 0 aliphatic heterocycles. The van der Waals surface area contributed by atoms with E-state index in [-0.39, 0.29) is 12.2 Å². The van der Waals surface area contributed by atoms with Gasteiger partial charge in [0.15, 0.2) is 0 Å². The van der Waals surface area contributed by atoms with Crippen molar-refractivity contribution in [1.29, 1.82) is 5.26 Å². The lowest BCUT2D eigenvalue weighted by molar-refractivity contribution is 0.0461. The Hall–Kier alpha value is -2.75. The molecule has 0 fully saturated rings. The second-order valence-electron chi connectivity index (χ2n) is 4.80. The number of methoxy groups -OCH3 is 1. The van der Waals surface area contributed by atoms with Gasteiger partial charge in [0, 0.05) is 13.5 Å². The Balaban J connectivity index is 2.01. The van der Waals surface area contributed by atoms with Gasteiger partial charge in [0.2, 0.25) is 5.88 Å². The van der Waals surface area contributed by atoms with Gasteiger partial charge in [0.1, 0.15) is 17.9 Å². The van der Waals surface area contributed by atoms with Crippen molar-refractivity contribution in [3.8, 4) is 11.9 Å². The summed E-state index contributed by atoms with van der Waals surface area (Å²) in [6, 6.07) is 5.63. The zero-order valence-electron chi connectivity index (χ0n) is 12.7. The van der Waals surface area contributed by atoms with Crippen LogP contribution in [-0.4, -0.2) is 29.5 Å². The largest absolute Gasteiger partial charge is 0.481 e. The zero-order valence-corrected chi connectivity index (χ0v) is 12.7. The van der Waals surface area contributed by atoms with E-state index < -0.39 is 11.9 Å². The zero-order chi connectivity index (χ0) is 16.1. The first-order chi connectivity index (χ1) is 10.6. The van der Waals surface area contributed by atoms with Gasteiger partial charge in [0.05, 0.1) is 31.1 Å². The van der Waals surface area contributed by atoms with Crippen LogP contribution in [0.25, 0.3) is 0 Å². The van der Waals surface area contributed by atoms with Crippen LogP contribution in [0.4, 0.5) is 0 Å². The van der Waals surface area contributed by atoms with Gasteiger partial charge in [-0.1, -0.05) is 0 Å². The Morgan fingerprint density at radius 1 is 1.59 bits per heavy atom. The number of aromatic nitrogens is 2. The molecule has 0 saturated heterocycles. The van der Waals surface area contributed by atoms with Crippen LogP contribution in [0.15, 0.2) is 22.8 Å². The van der Waals surface area contributed by atoms with Crippen LogP contribution in [0.2, 0.25) is 0 Å². The smallest absolute Gasteiger partial charge is 0.345 e. The van der Waals surface area contributed by atoms with Crippen LogP contribution < -0.4 is 4.74 Å². The number of carbonyl (C=O) groups excluding carboxylic acids is 1. The lowest BCUT2D eigenvalue weighted by atomic mass is 10.1. The van der Waals surface area contributed by atoms with Gasteiger partial charge in [-0.2, -0.15) is 10.4 Å². The number of nitrogens with zero attached hydrogens (tertiary/aromatic N) is 3. The normalized spacial score (nSPS) is 11.7. The molecule has 0 aliphatic rings. The number of carbonyl (C=O) groups is 1. The highest BCUT2D eigenvalue weighted by Crippen LogP contribution is 2.22. The minimum Gasteiger partial charge on any atom is -0.481 e. The maximum absolute atomic E-state index is 12.2. The summed E-state index contributed by atoms with van der Waals surface area (Å²) < 4.78 is 17.0. The first-order valence-electron chi connectivity index (χ1n) is 6.73. The molecule has 0 aliphatic carbocycles. The van der Waals surface area contributed by atoms with Gasteiger partial charge in [-0.15, -0.1) is 0 Å². The highest BCUT2D eigenvalue weighted by molar-refractivity contribution is 5.93. The lowest BCUT2D eigenvalue weighted by Crippen LogP contribution is -2.16. The van der Waals surface area contributed by atoms with Crippen molar-refractivity contribution in [2.45, 2.75) is 13.3 Å². The summed E-state index contributed by atoms with van der Waals surface area (Å²) in [6.07, 6.45) is 1.93. The molecule has 22 heavy (non-hydrogen) atoms. The highest BCUT2D eigenvalue weighted by Gasteiger charge is 2.23. The Morgan fingerprint density at radius 3 is 2.95 bits per heavy atom. The number of rotatable bonds is 6. The predicted molar refractivity (Wildman–Crippen MR) is 76.3 cm³/mol. The van der Waals surface area contributed by atoms with Gasteiger partial charge < -0.3 is 13.9 Å². The molecule has 0 radical (unpaired) electrons. The number of hydrogen-bond donors (Lipinski definition) is 0. The Morgan fingerprint density at radius 2 is 2.36 bits per heavy atom. The molecule has 2 heterocycles. The molecule has 7 heteroatoms. The van der Waals surface area contributed by atoms with Crippen molar-refractivity contribution in [1.82, 2.24) is 9.78 Å². The molecule has 0 unspecified atom stereocenters. The Labute approximate surface area is 128 Å². The first-order valence-corrected chi connectivity index (χ1v) is 6.73. The Kier molecular flexibility index (Phi) is 4.84. The Bertz CT molecular complexity index is 682. The third kappa shape index (κ3) is 3.28. The summed E-state index contributed by atoms with van der Waals surface area (Å²) in [5.41, 5.74) is 0.795. The summed E-state index contributed by atoms with van der Waals surface area (Å²) in [6.45, 7) is 1.68. The van der Waals surface area contributed by atoms with E-state index in [1.54, 1.807) is 32.4 Å². The highest BCUT2D eigenvalue weighted by atomic mass is 16.5. The fourth-order valence-electron chi connectivity index (χ4n) is 2.17. The number of ether oxygens (including phenoxy) is 2. The number of esters is 1. The molecular weight excluding hydrogens is 286 g/mol. The van der Waals surface area contributed by atoms with Crippen LogP contribution in [0.5, 0.6) is 5.88 Å². The molecule has 2 aromatic heterocycles. The third-order valence-corrected chi connectivity index (χ3v) is 3.19. The van der Waals surface area contributed by atoms with E-state index >= 15 is 0 Å². The summed E-state index contributed by atoms with van der Waals surface area (Å²) in [4.78, 5) is 12.2. The summed E-state index contributed by atoms with van der Waals surface area (Å²) in [7, 11) is 3.14. The number of nitriles is 1. The van der Waals surface area contributed by atoms with Crippen molar-refractivity contribution in [2.24, 2.45) is 13.0 Å². The van der Waals surface area contributed by atoms with Gasteiger partial charge in [-0.05, 0) is 19.1 Å². The van der Waals surface area contributed by atoms with Crippen LogP contribution >= 0.6 is 0 Å². The maximum Gasteiger partial charge on any atom is 0.345 e. The number of aryl methyl sites for hydroxylation is 2. The first kappa shape index (κ1) is 15.6. The summed E-state index contributed by atoms with van der Waals surface area (Å²) in [5, 5.41) is 13.3. The second-order valence-corrected chi connectivity index (χ2v) is 4.80. The molecule has 0 saturated carbocycles. The van der Waals surface area contributed by atoms with Crippen LogP contribution in [0.1, 0.15) is 21.8 Å². The van der Waals surface area contributed by atoms with Crippen molar-refractivity contribution >= 4 is 5.97 Å². The van der Waals surface area contributed by atoms with Gasteiger partial charge in [-0.3, -0.25) is 0 Å². The van der Waals surface area contributed by atoms with E-state index in [0.717, 1.165) is 0 Å². The average molecular weight is 303 g/mol. The molecule has 0 aromatic carbocycles.